The lowest BCUT2D eigenvalue weighted by Crippen LogP contribution is -2.52. The Hall–Kier alpha value is -1.19. The number of benzene rings is 1. The average molecular weight is 406 g/mol. The van der Waals surface area contributed by atoms with E-state index in [1.807, 2.05) is 30.3 Å². The van der Waals surface area contributed by atoms with Gasteiger partial charge in [-0.2, -0.15) is 0 Å². The van der Waals surface area contributed by atoms with Gasteiger partial charge in [-0.05, 0) is 12.5 Å². The van der Waals surface area contributed by atoms with Crippen molar-refractivity contribution in [1.29, 1.82) is 0 Å². The number of ether oxygens (including phenoxy) is 1. The van der Waals surface area contributed by atoms with E-state index in [-0.39, 0.29) is 23.0 Å². The van der Waals surface area contributed by atoms with E-state index in [0.717, 1.165) is 5.56 Å². The van der Waals surface area contributed by atoms with Crippen molar-refractivity contribution in [3.63, 3.8) is 0 Å². The van der Waals surface area contributed by atoms with Crippen LogP contribution in [-0.2, 0) is 16.1 Å². The van der Waals surface area contributed by atoms with Gasteiger partial charge in [-0.15, -0.1) is 0 Å². The quantitative estimate of drug-likeness (QED) is 0.344. The number of amides is 2. The molecule has 116 valence electrons. The Balaban J connectivity index is 2.59. The van der Waals surface area contributed by atoms with Gasteiger partial charge in [0.1, 0.15) is 6.04 Å². The summed E-state index contributed by atoms with van der Waals surface area (Å²) >= 11 is 1.57. The highest BCUT2D eigenvalue weighted by Gasteiger charge is 2.26. The summed E-state index contributed by atoms with van der Waals surface area (Å²) in [5.74, 6) is -0.380. The zero-order chi connectivity index (χ0) is 15.7. The van der Waals surface area contributed by atoms with E-state index in [0.29, 0.717) is 6.61 Å². The zero-order valence-electron chi connectivity index (χ0n) is 11.7. The highest BCUT2D eigenvalue weighted by Crippen LogP contribution is 2.07. The van der Waals surface area contributed by atoms with Crippen molar-refractivity contribution in [3.05, 3.63) is 35.9 Å². The van der Waals surface area contributed by atoms with Crippen molar-refractivity contribution in [2.45, 2.75) is 25.7 Å². The molecule has 6 nitrogen and oxygen atoms in total. The summed E-state index contributed by atoms with van der Waals surface area (Å²) in [6.07, 6.45) is -0.498. The van der Waals surface area contributed by atoms with Gasteiger partial charge in [0.15, 0.2) is 0 Å². The Morgan fingerprint density at radius 1 is 1.33 bits per heavy atom. The molecule has 7 heteroatoms. The second kappa shape index (κ2) is 9.69. The first kappa shape index (κ1) is 17.9. The molecule has 21 heavy (non-hydrogen) atoms. The number of aliphatic hydroxyl groups excluding tert-OH is 1. The molecular weight excluding hydrogens is 387 g/mol. The van der Waals surface area contributed by atoms with E-state index in [1.165, 1.54) is 0 Å². The second-order valence-electron chi connectivity index (χ2n) is 4.41. The number of rotatable bonds is 8. The lowest BCUT2D eigenvalue weighted by Gasteiger charge is -2.23. The fraction of sp³-hybridized carbons (Fsp3) is 0.429. The Bertz CT molecular complexity index is 456. The van der Waals surface area contributed by atoms with Crippen LogP contribution in [0.1, 0.15) is 12.5 Å². The van der Waals surface area contributed by atoms with Gasteiger partial charge in [-0.25, -0.2) is 0 Å². The van der Waals surface area contributed by atoms with Crippen LogP contribution in [-0.4, -0.2) is 40.2 Å². The van der Waals surface area contributed by atoms with Gasteiger partial charge in [0.2, 0.25) is 5.91 Å². The molecule has 1 rings (SSSR count). The predicted molar refractivity (Wildman–Crippen MR) is 87.1 cm³/mol. The minimum Gasteiger partial charge on any atom is -0.395 e. The van der Waals surface area contributed by atoms with E-state index in [4.69, 9.17) is 9.84 Å². The first-order chi connectivity index (χ1) is 10.0. The van der Waals surface area contributed by atoms with E-state index in [9.17, 15) is 9.59 Å². The molecule has 2 unspecified atom stereocenters. The molecule has 0 bridgehead atoms. The summed E-state index contributed by atoms with van der Waals surface area (Å²) in [7, 11) is 0. The summed E-state index contributed by atoms with van der Waals surface area (Å²) in [5.41, 5.74) is 0.986. The molecule has 0 radical (unpaired) electrons. The molecule has 0 fully saturated rings. The summed E-state index contributed by atoms with van der Waals surface area (Å²) in [6.45, 7) is 2.05. The first-order valence-corrected chi connectivity index (χ1v) is 7.62. The van der Waals surface area contributed by atoms with Crippen LogP contribution >= 0.6 is 22.6 Å². The van der Waals surface area contributed by atoms with Gasteiger partial charge in [0.25, 0.3) is 3.91 Å². The Morgan fingerprint density at radius 3 is 2.57 bits per heavy atom. The van der Waals surface area contributed by atoms with E-state index >= 15 is 0 Å². The zero-order valence-corrected chi connectivity index (χ0v) is 13.9. The number of carbonyl (C=O) groups excluding carboxylic acids is 2. The Morgan fingerprint density at radius 2 is 2.00 bits per heavy atom. The highest BCUT2D eigenvalue weighted by molar-refractivity contribution is 14.1. The van der Waals surface area contributed by atoms with Crippen LogP contribution < -0.4 is 10.6 Å². The summed E-state index contributed by atoms with van der Waals surface area (Å²) in [6, 6.07) is 8.76. The van der Waals surface area contributed by atoms with Gasteiger partial charge in [0, 0.05) is 29.1 Å². The highest BCUT2D eigenvalue weighted by atomic mass is 127. The third-order valence-electron chi connectivity index (χ3n) is 2.79. The molecule has 0 saturated heterocycles. The van der Waals surface area contributed by atoms with Crippen molar-refractivity contribution in [2.75, 3.05) is 13.2 Å². The SMILES string of the molecule is CC(OCc1ccccc1)C(NC(=O)I)C(=O)NCCO. The molecule has 0 aliphatic heterocycles. The molecule has 2 atom stereocenters. The minimum atomic E-state index is -0.801. The van der Waals surface area contributed by atoms with E-state index in [2.05, 4.69) is 10.6 Å². The van der Waals surface area contributed by atoms with Crippen LogP contribution in [0.4, 0.5) is 4.79 Å². The third kappa shape index (κ3) is 6.87. The van der Waals surface area contributed by atoms with Crippen LogP contribution in [0.3, 0.4) is 0 Å². The number of halogens is 1. The molecule has 0 aromatic heterocycles. The van der Waals surface area contributed by atoms with E-state index < -0.39 is 12.1 Å². The predicted octanol–water partition coefficient (Wildman–Crippen LogP) is 1.21. The monoisotopic (exact) mass is 406 g/mol. The summed E-state index contributed by atoms with van der Waals surface area (Å²) in [4.78, 5) is 23.2. The fourth-order valence-corrected chi connectivity index (χ4v) is 2.04. The molecule has 0 aliphatic rings. The Labute approximate surface area is 137 Å². The number of aliphatic hydroxyl groups is 1. The van der Waals surface area contributed by atoms with E-state index in [1.54, 1.807) is 29.5 Å². The van der Waals surface area contributed by atoms with Crippen molar-refractivity contribution >= 4 is 32.4 Å². The number of hydrogen-bond acceptors (Lipinski definition) is 4. The minimum absolute atomic E-state index is 0.137. The molecule has 0 heterocycles. The fourth-order valence-electron chi connectivity index (χ4n) is 1.71. The van der Waals surface area contributed by atoms with Gasteiger partial charge in [-0.1, -0.05) is 30.3 Å². The smallest absolute Gasteiger partial charge is 0.281 e. The van der Waals surface area contributed by atoms with Gasteiger partial charge >= 0.3 is 0 Å². The summed E-state index contributed by atoms with van der Waals surface area (Å²) in [5, 5.41) is 13.8. The van der Waals surface area contributed by atoms with Gasteiger partial charge < -0.3 is 20.5 Å². The molecule has 3 N–H and O–H groups in total. The van der Waals surface area contributed by atoms with Crippen LogP contribution in [0, 0.1) is 0 Å². The lowest BCUT2D eigenvalue weighted by molar-refractivity contribution is -0.126. The molecular formula is C14H19IN2O4. The van der Waals surface area contributed by atoms with Crippen molar-refractivity contribution in [2.24, 2.45) is 0 Å². The molecule has 1 aromatic rings. The summed E-state index contributed by atoms with van der Waals surface area (Å²) < 4.78 is 5.31. The second-order valence-corrected chi connectivity index (χ2v) is 5.39. The van der Waals surface area contributed by atoms with Crippen LogP contribution in [0.5, 0.6) is 0 Å². The number of carbonyl (C=O) groups is 2. The van der Waals surface area contributed by atoms with Gasteiger partial charge in [0.05, 0.1) is 19.3 Å². The van der Waals surface area contributed by atoms with Crippen LogP contribution in [0.25, 0.3) is 0 Å². The largest absolute Gasteiger partial charge is 0.395 e. The van der Waals surface area contributed by atoms with Crippen LogP contribution in [0.15, 0.2) is 30.3 Å². The average Bonchev–Trinajstić information content (AvgIpc) is 2.48. The molecule has 0 saturated carbocycles. The lowest BCUT2D eigenvalue weighted by atomic mass is 10.1. The third-order valence-corrected chi connectivity index (χ3v) is 3.10. The topological polar surface area (TPSA) is 87.7 Å². The molecule has 1 aromatic carbocycles. The maximum absolute atomic E-state index is 12.0. The van der Waals surface area contributed by atoms with Crippen LogP contribution in [0.2, 0.25) is 0 Å². The standard InChI is InChI=1S/C14H19IN2O4/c1-10(21-9-11-5-3-2-4-6-11)12(17-14(15)20)13(19)16-7-8-18/h2-6,10,12,18H,7-9H2,1H3,(H,16,19)(H,17,20). The maximum atomic E-state index is 12.0. The first-order valence-electron chi connectivity index (χ1n) is 6.54. The van der Waals surface area contributed by atoms with Gasteiger partial charge in [-0.3, -0.25) is 9.59 Å². The van der Waals surface area contributed by atoms with Crippen molar-refractivity contribution in [1.82, 2.24) is 10.6 Å². The molecule has 0 aliphatic carbocycles. The number of nitrogens with one attached hydrogen (secondary N) is 2. The number of hydrogen-bond donors (Lipinski definition) is 3. The normalized spacial score (nSPS) is 13.3. The molecule has 0 spiro atoms. The van der Waals surface area contributed by atoms with Crippen molar-refractivity contribution in [3.8, 4) is 0 Å². The Kier molecular flexibility index (Phi) is 8.24. The molecule has 2 amide bonds. The van der Waals surface area contributed by atoms with Crippen molar-refractivity contribution < 1.29 is 19.4 Å². The maximum Gasteiger partial charge on any atom is 0.281 e.